The van der Waals surface area contributed by atoms with E-state index in [-0.39, 0.29) is 28.8 Å². The van der Waals surface area contributed by atoms with Crippen LogP contribution in [0.4, 0.5) is 0 Å². The Morgan fingerprint density at radius 2 is 1.77 bits per heavy atom. The van der Waals surface area contributed by atoms with E-state index in [0.29, 0.717) is 37.6 Å². The van der Waals surface area contributed by atoms with Crippen LogP contribution >= 0.6 is 0 Å². The molecule has 0 unspecified atom stereocenters. The summed E-state index contributed by atoms with van der Waals surface area (Å²) in [5, 5.41) is 0. The molecule has 2 heterocycles. The maximum Gasteiger partial charge on any atom is 0.309 e. The van der Waals surface area contributed by atoms with E-state index in [1.54, 1.807) is 19.1 Å². The Balaban J connectivity index is 1.56. The van der Waals surface area contributed by atoms with Crippen LogP contribution in [0.25, 0.3) is 0 Å². The summed E-state index contributed by atoms with van der Waals surface area (Å²) in [7, 11) is -3.57. The summed E-state index contributed by atoms with van der Waals surface area (Å²) in [6.45, 7) is 10.5. The van der Waals surface area contributed by atoms with E-state index in [1.165, 1.54) is 4.31 Å². The SMILES string of the molecule is Cc1nc(COC(=O)C2CCN(S(=O)(=O)c3ccc(C(C)(C)C)cc3)CC2)oc1C. The molecule has 3 rings (SSSR count). The van der Waals surface area contributed by atoms with Crippen molar-refractivity contribution in [2.24, 2.45) is 5.92 Å². The average Bonchev–Trinajstić information content (AvgIpc) is 3.03. The summed E-state index contributed by atoms with van der Waals surface area (Å²) in [6.07, 6.45) is 0.865. The number of aromatic nitrogens is 1. The summed E-state index contributed by atoms with van der Waals surface area (Å²) in [4.78, 5) is 16.8. The molecule has 164 valence electrons. The second kappa shape index (κ2) is 8.51. The monoisotopic (exact) mass is 434 g/mol. The molecule has 0 aliphatic carbocycles. The number of aryl methyl sites for hydroxylation is 2. The van der Waals surface area contributed by atoms with Gasteiger partial charge in [0.25, 0.3) is 0 Å². The second-order valence-electron chi connectivity index (χ2n) is 8.81. The minimum Gasteiger partial charge on any atom is -0.455 e. The Kier molecular flexibility index (Phi) is 6.38. The molecule has 1 saturated heterocycles. The standard InChI is InChI=1S/C22H30N2O5S/c1-15-16(2)29-20(23-15)14-28-21(25)17-10-12-24(13-11-17)30(26,27)19-8-6-18(7-9-19)22(3,4)5/h6-9,17H,10-14H2,1-5H3. The zero-order chi connectivity index (χ0) is 22.1. The molecule has 0 spiro atoms. The van der Waals surface area contributed by atoms with E-state index in [2.05, 4.69) is 25.8 Å². The highest BCUT2D eigenvalue weighted by Gasteiger charge is 2.33. The molecule has 30 heavy (non-hydrogen) atoms. The van der Waals surface area contributed by atoms with Crippen molar-refractivity contribution in [1.29, 1.82) is 0 Å². The Labute approximate surface area is 178 Å². The van der Waals surface area contributed by atoms with Crippen LogP contribution in [0.2, 0.25) is 0 Å². The number of esters is 1. The van der Waals surface area contributed by atoms with Gasteiger partial charge in [0.05, 0.1) is 16.5 Å². The van der Waals surface area contributed by atoms with Gasteiger partial charge in [-0.15, -0.1) is 0 Å². The molecular formula is C22H30N2O5S. The zero-order valence-electron chi connectivity index (χ0n) is 18.3. The Morgan fingerprint density at radius 3 is 2.27 bits per heavy atom. The number of nitrogens with zero attached hydrogens (tertiary/aromatic N) is 2. The average molecular weight is 435 g/mol. The number of oxazole rings is 1. The first-order chi connectivity index (χ1) is 14.0. The lowest BCUT2D eigenvalue weighted by Gasteiger charge is -2.30. The van der Waals surface area contributed by atoms with Gasteiger partial charge < -0.3 is 9.15 Å². The van der Waals surface area contributed by atoms with Crippen molar-refractivity contribution in [3.05, 3.63) is 47.2 Å². The molecule has 1 aliphatic heterocycles. The number of ether oxygens (including phenoxy) is 1. The maximum absolute atomic E-state index is 13.0. The van der Waals surface area contributed by atoms with Gasteiger partial charge in [0, 0.05) is 13.1 Å². The quantitative estimate of drug-likeness (QED) is 0.666. The van der Waals surface area contributed by atoms with Crippen LogP contribution in [0.1, 0.15) is 56.5 Å². The van der Waals surface area contributed by atoms with E-state index < -0.39 is 10.0 Å². The third-order valence-corrected chi connectivity index (χ3v) is 7.47. The molecule has 0 radical (unpaired) electrons. The number of rotatable bonds is 5. The number of benzene rings is 1. The third kappa shape index (κ3) is 4.92. The summed E-state index contributed by atoms with van der Waals surface area (Å²) in [5.41, 5.74) is 1.82. The first-order valence-corrected chi connectivity index (χ1v) is 11.6. The Bertz CT molecular complexity index is 976. The van der Waals surface area contributed by atoms with Crippen LogP contribution < -0.4 is 0 Å². The molecule has 0 bridgehead atoms. The highest BCUT2D eigenvalue weighted by Crippen LogP contribution is 2.27. The molecule has 7 nitrogen and oxygen atoms in total. The minimum atomic E-state index is -3.57. The molecule has 0 amide bonds. The fourth-order valence-electron chi connectivity index (χ4n) is 3.46. The molecule has 1 aliphatic rings. The van der Waals surface area contributed by atoms with Crippen molar-refractivity contribution in [3.8, 4) is 0 Å². The van der Waals surface area contributed by atoms with Gasteiger partial charge in [-0.25, -0.2) is 13.4 Å². The number of hydrogen-bond donors (Lipinski definition) is 0. The fourth-order valence-corrected chi connectivity index (χ4v) is 4.93. The molecular weight excluding hydrogens is 404 g/mol. The van der Waals surface area contributed by atoms with Crippen molar-refractivity contribution in [1.82, 2.24) is 9.29 Å². The molecule has 2 aromatic rings. The molecule has 8 heteroatoms. The van der Waals surface area contributed by atoms with Gasteiger partial charge in [-0.3, -0.25) is 4.79 Å². The Hall–Kier alpha value is -2.19. The van der Waals surface area contributed by atoms with Crippen molar-refractivity contribution in [2.45, 2.75) is 64.4 Å². The predicted octanol–water partition coefficient (Wildman–Crippen LogP) is 3.73. The van der Waals surface area contributed by atoms with Crippen LogP contribution in [-0.2, 0) is 31.6 Å². The predicted molar refractivity (Wildman–Crippen MR) is 112 cm³/mol. The van der Waals surface area contributed by atoms with Gasteiger partial charge >= 0.3 is 5.97 Å². The van der Waals surface area contributed by atoms with E-state index in [9.17, 15) is 13.2 Å². The van der Waals surface area contributed by atoms with E-state index in [4.69, 9.17) is 9.15 Å². The molecule has 0 saturated carbocycles. The van der Waals surface area contributed by atoms with Crippen LogP contribution in [0.5, 0.6) is 0 Å². The topological polar surface area (TPSA) is 89.7 Å². The first kappa shape index (κ1) is 22.5. The number of carbonyl (C=O) groups excluding carboxylic acids is 1. The van der Waals surface area contributed by atoms with Crippen molar-refractivity contribution < 1.29 is 22.4 Å². The van der Waals surface area contributed by atoms with Gasteiger partial charge in [0.2, 0.25) is 15.9 Å². The van der Waals surface area contributed by atoms with Crippen LogP contribution in [0, 0.1) is 19.8 Å². The normalized spacial score (nSPS) is 16.6. The highest BCUT2D eigenvalue weighted by atomic mass is 32.2. The zero-order valence-corrected chi connectivity index (χ0v) is 19.1. The van der Waals surface area contributed by atoms with Crippen molar-refractivity contribution >= 4 is 16.0 Å². The van der Waals surface area contributed by atoms with E-state index in [0.717, 1.165) is 11.3 Å². The summed E-state index contributed by atoms with van der Waals surface area (Å²) >= 11 is 0. The lowest BCUT2D eigenvalue weighted by atomic mass is 9.87. The minimum absolute atomic E-state index is 0.00779. The number of hydrogen-bond acceptors (Lipinski definition) is 6. The van der Waals surface area contributed by atoms with Crippen molar-refractivity contribution in [3.63, 3.8) is 0 Å². The lowest BCUT2D eigenvalue weighted by Crippen LogP contribution is -2.40. The molecule has 1 aromatic carbocycles. The Morgan fingerprint density at radius 1 is 1.17 bits per heavy atom. The summed E-state index contributed by atoms with van der Waals surface area (Å²) in [6, 6.07) is 7.05. The second-order valence-corrected chi connectivity index (χ2v) is 10.7. The number of sulfonamides is 1. The molecule has 0 atom stereocenters. The van der Waals surface area contributed by atoms with Crippen LogP contribution in [0.15, 0.2) is 33.6 Å². The molecule has 1 fully saturated rings. The van der Waals surface area contributed by atoms with Gasteiger partial charge in [0.15, 0.2) is 6.61 Å². The van der Waals surface area contributed by atoms with E-state index >= 15 is 0 Å². The number of carbonyl (C=O) groups is 1. The largest absolute Gasteiger partial charge is 0.455 e. The number of piperidine rings is 1. The van der Waals surface area contributed by atoms with Gasteiger partial charge in [-0.1, -0.05) is 32.9 Å². The summed E-state index contributed by atoms with van der Waals surface area (Å²) in [5.74, 6) is 0.416. The third-order valence-electron chi connectivity index (χ3n) is 5.56. The van der Waals surface area contributed by atoms with Gasteiger partial charge in [0.1, 0.15) is 5.76 Å². The fraction of sp³-hybridized carbons (Fsp3) is 0.545. The highest BCUT2D eigenvalue weighted by molar-refractivity contribution is 7.89. The van der Waals surface area contributed by atoms with E-state index in [1.807, 2.05) is 19.1 Å². The van der Waals surface area contributed by atoms with Crippen molar-refractivity contribution in [2.75, 3.05) is 13.1 Å². The lowest BCUT2D eigenvalue weighted by molar-refractivity contribution is -0.151. The smallest absolute Gasteiger partial charge is 0.309 e. The van der Waals surface area contributed by atoms with Crippen LogP contribution in [0.3, 0.4) is 0 Å². The maximum atomic E-state index is 13.0. The summed E-state index contributed by atoms with van der Waals surface area (Å²) < 4.78 is 38.1. The van der Waals surface area contributed by atoms with Gasteiger partial charge in [-0.05, 0) is 49.8 Å². The van der Waals surface area contributed by atoms with Crippen LogP contribution in [-0.4, -0.2) is 36.8 Å². The first-order valence-electron chi connectivity index (χ1n) is 10.2. The molecule has 0 N–H and O–H groups in total. The van der Waals surface area contributed by atoms with Gasteiger partial charge in [-0.2, -0.15) is 4.31 Å². The molecule has 1 aromatic heterocycles.